The van der Waals surface area contributed by atoms with Crippen LogP contribution in [0.25, 0.3) is 0 Å². The van der Waals surface area contributed by atoms with Crippen LogP contribution < -0.4 is 14.8 Å². The van der Waals surface area contributed by atoms with E-state index < -0.39 is 17.6 Å². The first kappa shape index (κ1) is 24.4. The number of anilines is 1. The first-order valence-corrected chi connectivity index (χ1v) is 12.3. The van der Waals surface area contributed by atoms with Crippen molar-refractivity contribution in [2.75, 3.05) is 5.32 Å². The summed E-state index contributed by atoms with van der Waals surface area (Å²) in [5.74, 6) is 1.16. The topological polar surface area (TPSA) is 77.5 Å². The van der Waals surface area contributed by atoms with Crippen molar-refractivity contribution in [3.05, 3.63) is 76.7 Å². The number of hydrogen-bond donors (Lipinski definition) is 1. The third-order valence-electron chi connectivity index (χ3n) is 7.31. The van der Waals surface area contributed by atoms with Crippen molar-refractivity contribution in [1.82, 2.24) is 4.98 Å². The zero-order chi connectivity index (χ0) is 26.6. The van der Waals surface area contributed by atoms with E-state index in [1.165, 1.54) is 0 Å². The lowest BCUT2D eigenvalue weighted by Crippen LogP contribution is -2.20. The molecule has 1 saturated carbocycles. The molecule has 3 heterocycles. The minimum Gasteiger partial charge on any atom is -0.489 e. The zero-order valence-electron chi connectivity index (χ0n) is 20.0. The monoisotopic (exact) mass is 526 g/mol. The fraction of sp³-hybridized carbons (Fsp3) is 0.321. The molecule has 2 aromatic carbocycles. The molecule has 0 bridgehead atoms. The normalized spacial score (nSPS) is 21.1. The van der Waals surface area contributed by atoms with Crippen molar-refractivity contribution in [1.29, 1.82) is 0 Å². The fourth-order valence-electron chi connectivity index (χ4n) is 5.41. The van der Waals surface area contributed by atoms with Crippen LogP contribution in [0.5, 0.6) is 17.2 Å². The molecule has 1 fully saturated rings. The van der Waals surface area contributed by atoms with E-state index in [0.717, 1.165) is 29.0 Å². The highest BCUT2D eigenvalue weighted by Gasteiger charge is 2.59. The largest absolute Gasteiger partial charge is 0.489 e. The quantitative estimate of drug-likeness (QED) is 0.383. The molecule has 1 N–H and O–H groups in total. The number of nitrogens with one attached hydrogen (secondary N) is 1. The highest BCUT2D eigenvalue weighted by atomic mass is 19.4. The molecule has 2 aliphatic heterocycles. The highest BCUT2D eigenvalue weighted by molar-refractivity contribution is 5.93. The lowest BCUT2D eigenvalue weighted by atomic mass is 9.98. The Bertz CT molecular complexity index is 1460. The van der Waals surface area contributed by atoms with E-state index in [4.69, 9.17) is 9.47 Å². The molecule has 10 heteroatoms. The van der Waals surface area contributed by atoms with Crippen molar-refractivity contribution in [2.45, 2.75) is 50.3 Å². The van der Waals surface area contributed by atoms with Crippen molar-refractivity contribution in [3.63, 3.8) is 0 Å². The number of rotatable bonds is 7. The van der Waals surface area contributed by atoms with Crippen molar-refractivity contribution in [3.8, 4) is 17.2 Å². The summed E-state index contributed by atoms with van der Waals surface area (Å²) in [7, 11) is 0. The van der Waals surface area contributed by atoms with E-state index in [1.54, 1.807) is 18.3 Å². The molecule has 1 aromatic heterocycles. The molecule has 1 unspecified atom stereocenters. The second kappa shape index (κ2) is 9.11. The van der Waals surface area contributed by atoms with Gasteiger partial charge in [0.25, 0.3) is 0 Å². The van der Waals surface area contributed by atoms with Crippen LogP contribution in [0.3, 0.4) is 0 Å². The van der Waals surface area contributed by atoms with Crippen LogP contribution in [0.4, 0.5) is 23.4 Å². The molecule has 0 saturated heterocycles. The number of hydrogen-bond acceptors (Lipinski definition) is 5. The molecular formula is C28H22F4N2O4. The maximum Gasteiger partial charge on any atom is 0.416 e. The average Bonchev–Trinajstić information content (AvgIpc) is 3.38. The predicted molar refractivity (Wildman–Crippen MR) is 128 cm³/mol. The molecule has 196 valence electrons. The number of fused-ring (bicyclic) bond motifs is 4. The van der Waals surface area contributed by atoms with E-state index >= 15 is 0 Å². The number of aryl methyl sites for hydroxylation is 1. The van der Waals surface area contributed by atoms with Gasteiger partial charge in [0.2, 0.25) is 5.91 Å². The third-order valence-corrected chi connectivity index (χ3v) is 7.31. The first-order valence-electron chi connectivity index (χ1n) is 12.3. The lowest BCUT2D eigenvalue weighted by molar-refractivity contribution is -0.138. The van der Waals surface area contributed by atoms with Gasteiger partial charge in [-0.2, -0.15) is 13.2 Å². The van der Waals surface area contributed by atoms with Gasteiger partial charge in [0.1, 0.15) is 40.8 Å². The van der Waals surface area contributed by atoms with E-state index in [1.807, 2.05) is 12.1 Å². The van der Waals surface area contributed by atoms with Gasteiger partial charge in [-0.25, -0.2) is 9.37 Å². The number of amides is 1. The fourth-order valence-corrected chi connectivity index (χ4v) is 5.41. The molecule has 1 aliphatic carbocycles. The van der Waals surface area contributed by atoms with Gasteiger partial charge < -0.3 is 14.8 Å². The Morgan fingerprint density at radius 1 is 1.13 bits per heavy atom. The number of pyridine rings is 1. The van der Waals surface area contributed by atoms with Gasteiger partial charge >= 0.3 is 6.18 Å². The van der Waals surface area contributed by atoms with Crippen LogP contribution >= 0.6 is 0 Å². The standard InChI is InChI=1S/C28H22F4N2O4/c29-15-3-1-14(21(11-15)28(30,31)32)2-4-16(35)12-20-25-19-13-17(5-7-22(19)38-26(20)25)37-23-9-10-33-27-18(23)6-8-24(36)34-27/h1,3,5,7,9-11,13,20,25-26H,2,4,6,8,12H2,(H,33,34,36)/t20?,25-,26+/m0/s1. The van der Waals surface area contributed by atoms with Crippen molar-refractivity contribution in [2.24, 2.45) is 5.92 Å². The van der Waals surface area contributed by atoms with Crippen LogP contribution in [0.2, 0.25) is 0 Å². The molecule has 0 spiro atoms. The number of carbonyl (C=O) groups is 2. The summed E-state index contributed by atoms with van der Waals surface area (Å²) in [5, 5.41) is 2.74. The van der Waals surface area contributed by atoms with Crippen LogP contribution in [-0.2, 0) is 28.6 Å². The third kappa shape index (κ3) is 4.59. The summed E-state index contributed by atoms with van der Waals surface area (Å²) in [6.45, 7) is 0. The summed E-state index contributed by atoms with van der Waals surface area (Å²) in [6.07, 6.45) is -2.37. The maximum absolute atomic E-state index is 13.3. The Morgan fingerprint density at radius 3 is 2.79 bits per heavy atom. The Morgan fingerprint density at radius 2 is 1.97 bits per heavy atom. The molecule has 6 rings (SSSR count). The summed E-state index contributed by atoms with van der Waals surface area (Å²) in [5.41, 5.74) is 0.617. The van der Waals surface area contributed by atoms with Crippen molar-refractivity contribution < 1.29 is 36.6 Å². The average molecular weight is 526 g/mol. The van der Waals surface area contributed by atoms with Crippen LogP contribution in [0, 0.1) is 11.7 Å². The number of halogens is 4. The number of benzene rings is 2. The number of nitrogens with zero attached hydrogens (tertiary/aromatic N) is 1. The van der Waals surface area contributed by atoms with Gasteiger partial charge in [-0.05, 0) is 54.8 Å². The zero-order valence-corrected chi connectivity index (χ0v) is 20.0. The maximum atomic E-state index is 13.3. The Kier molecular flexibility index (Phi) is 5.85. The van der Waals surface area contributed by atoms with Crippen molar-refractivity contribution >= 4 is 17.5 Å². The molecule has 3 aliphatic rings. The summed E-state index contributed by atoms with van der Waals surface area (Å²) < 4.78 is 65.2. The smallest absolute Gasteiger partial charge is 0.416 e. The van der Waals surface area contributed by atoms with Gasteiger partial charge in [-0.3, -0.25) is 9.59 Å². The minimum absolute atomic E-state index is 0.0136. The van der Waals surface area contributed by atoms with Crippen LogP contribution in [0.1, 0.15) is 47.4 Å². The van der Waals surface area contributed by atoms with Gasteiger partial charge in [0.15, 0.2) is 0 Å². The predicted octanol–water partition coefficient (Wildman–Crippen LogP) is 5.98. The Hall–Kier alpha value is -3.95. The Labute approximate surface area is 215 Å². The lowest BCUT2D eigenvalue weighted by Gasteiger charge is -2.19. The number of Topliss-reactive ketones (excluding diaryl/α,β-unsaturated/α-hetero) is 1. The molecule has 0 radical (unpaired) electrons. The highest BCUT2D eigenvalue weighted by Crippen LogP contribution is 2.60. The molecule has 3 atom stereocenters. The molecule has 38 heavy (non-hydrogen) atoms. The van der Waals surface area contributed by atoms with E-state index in [2.05, 4.69) is 10.3 Å². The van der Waals surface area contributed by atoms with Gasteiger partial charge in [-0.15, -0.1) is 0 Å². The summed E-state index contributed by atoms with van der Waals surface area (Å²) in [4.78, 5) is 28.5. The first-order chi connectivity index (χ1) is 18.2. The Balaban J connectivity index is 1.10. The summed E-state index contributed by atoms with van der Waals surface area (Å²) >= 11 is 0. The second-order valence-corrected chi connectivity index (χ2v) is 9.80. The molecule has 1 amide bonds. The van der Waals surface area contributed by atoms with E-state index in [-0.39, 0.29) is 54.5 Å². The number of ketones is 1. The SMILES string of the molecule is O=C(CCc1ccc(F)cc1C(F)(F)F)CC1[C@H]2Oc3ccc(Oc4ccnc5c4CCC(=O)N5)cc3[C@@H]12. The number of alkyl halides is 3. The second-order valence-electron chi connectivity index (χ2n) is 9.80. The molecule has 6 nitrogen and oxygen atoms in total. The minimum atomic E-state index is -4.69. The van der Waals surface area contributed by atoms with Gasteiger partial charge in [-0.1, -0.05) is 6.07 Å². The van der Waals surface area contributed by atoms with E-state index in [9.17, 15) is 27.2 Å². The van der Waals surface area contributed by atoms with E-state index in [0.29, 0.717) is 36.2 Å². The van der Waals surface area contributed by atoms with Crippen LogP contribution in [0.15, 0.2) is 48.7 Å². The van der Waals surface area contributed by atoms with Crippen LogP contribution in [-0.4, -0.2) is 22.8 Å². The molecule has 3 aromatic rings. The van der Waals surface area contributed by atoms with Gasteiger partial charge in [0.05, 0.1) is 5.56 Å². The number of ether oxygens (including phenoxy) is 2. The van der Waals surface area contributed by atoms with Gasteiger partial charge in [0, 0.05) is 48.4 Å². The number of carbonyl (C=O) groups excluding carboxylic acids is 2. The number of aromatic nitrogens is 1. The summed E-state index contributed by atoms with van der Waals surface area (Å²) in [6, 6.07) is 9.76. The molecular weight excluding hydrogens is 504 g/mol.